The van der Waals surface area contributed by atoms with Crippen LogP contribution in [0.5, 0.6) is 5.75 Å². The van der Waals surface area contributed by atoms with Crippen LogP contribution in [0.1, 0.15) is 52.0 Å². The third kappa shape index (κ3) is 4.15. The van der Waals surface area contributed by atoms with Crippen LogP contribution in [0.4, 0.5) is 5.69 Å². The smallest absolute Gasteiger partial charge is 0.120 e. The van der Waals surface area contributed by atoms with Gasteiger partial charge in [-0.2, -0.15) is 0 Å². The highest BCUT2D eigenvalue weighted by Gasteiger charge is 2.20. The molecule has 0 spiro atoms. The van der Waals surface area contributed by atoms with Crippen LogP contribution < -0.4 is 10.1 Å². The summed E-state index contributed by atoms with van der Waals surface area (Å²) in [4.78, 5) is 0. The molecule has 0 amide bonds. The third-order valence-electron chi connectivity index (χ3n) is 3.88. The molecule has 0 heterocycles. The van der Waals surface area contributed by atoms with Gasteiger partial charge in [-0.05, 0) is 63.8 Å². The van der Waals surface area contributed by atoms with Gasteiger partial charge < -0.3 is 10.1 Å². The van der Waals surface area contributed by atoms with Gasteiger partial charge in [0.1, 0.15) is 5.75 Å². The van der Waals surface area contributed by atoms with E-state index in [2.05, 4.69) is 51.2 Å². The van der Waals surface area contributed by atoms with E-state index in [0.717, 1.165) is 11.7 Å². The Bertz CT molecular complexity index is 410. The molecule has 2 heteroatoms. The van der Waals surface area contributed by atoms with Crippen molar-refractivity contribution in [3.8, 4) is 5.75 Å². The molecule has 1 aliphatic carbocycles. The van der Waals surface area contributed by atoms with Gasteiger partial charge in [-0.1, -0.05) is 19.3 Å². The number of anilines is 1. The zero-order valence-electron chi connectivity index (χ0n) is 12.7. The predicted octanol–water partition coefficient (Wildman–Crippen LogP) is 4.77. The SMILES string of the molecule is Cc1cc(OC(C)C)ccc1NC(C)CC1CCC1. The van der Waals surface area contributed by atoms with E-state index in [9.17, 15) is 0 Å². The molecule has 1 N–H and O–H groups in total. The van der Waals surface area contributed by atoms with Gasteiger partial charge >= 0.3 is 0 Å². The lowest BCUT2D eigenvalue weighted by molar-refractivity contribution is 0.242. The fraction of sp³-hybridized carbons (Fsp3) is 0.647. The predicted molar refractivity (Wildman–Crippen MR) is 82.0 cm³/mol. The Morgan fingerprint density at radius 1 is 1.26 bits per heavy atom. The molecule has 1 atom stereocenters. The van der Waals surface area contributed by atoms with Gasteiger partial charge in [0.25, 0.3) is 0 Å². The summed E-state index contributed by atoms with van der Waals surface area (Å²) < 4.78 is 5.72. The van der Waals surface area contributed by atoms with E-state index in [1.165, 1.54) is 36.9 Å². The van der Waals surface area contributed by atoms with Crippen LogP contribution in [0, 0.1) is 12.8 Å². The summed E-state index contributed by atoms with van der Waals surface area (Å²) >= 11 is 0. The van der Waals surface area contributed by atoms with Gasteiger partial charge in [0, 0.05) is 11.7 Å². The van der Waals surface area contributed by atoms with E-state index >= 15 is 0 Å². The number of rotatable bonds is 6. The maximum atomic E-state index is 5.72. The summed E-state index contributed by atoms with van der Waals surface area (Å²) in [5.74, 6) is 1.91. The molecular weight excluding hydrogens is 234 g/mol. The van der Waals surface area contributed by atoms with Gasteiger partial charge in [-0.3, -0.25) is 0 Å². The van der Waals surface area contributed by atoms with Crippen LogP contribution in [-0.4, -0.2) is 12.1 Å². The molecule has 19 heavy (non-hydrogen) atoms. The monoisotopic (exact) mass is 261 g/mol. The van der Waals surface area contributed by atoms with Gasteiger partial charge in [-0.15, -0.1) is 0 Å². The van der Waals surface area contributed by atoms with Gasteiger partial charge in [0.05, 0.1) is 6.10 Å². The lowest BCUT2D eigenvalue weighted by Gasteiger charge is -2.29. The maximum Gasteiger partial charge on any atom is 0.120 e. The molecule has 0 saturated heterocycles. The van der Waals surface area contributed by atoms with E-state index in [4.69, 9.17) is 4.74 Å². The summed E-state index contributed by atoms with van der Waals surface area (Å²) in [5, 5.41) is 3.63. The lowest BCUT2D eigenvalue weighted by Crippen LogP contribution is -2.23. The van der Waals surface area contributed by atoms with Crippen LogP contribution in [-0.2, 0) is 0 Å². The first kappa shape index (κ1) is 14.2. The molecule has 2 rings (SSSR count). The van der Waals surface area contributed by atoms with Crippen molar-refractivity contribution >= 4 is 5.69 Å². The molecule has 0 aliphatic heterocycles. The normalized spacial score (nSPS) is 17.1. The van der Waals surface area contributed by atoms with Gasteiger partial charge in [-0.25, -0.2) is 0 Å². The second-order valence-corrected chi connectivity index (χ2v) is 6.22. The van der Waals surface area contributed by atoms with E-state index in [1.54, 1.807) is 0 Å². The fourth-order valence-corrected chi connectivity index (χ4v) is 2.70. The van der Waals surface area contributed by atoms with Crippen molar-refractivity contribution in [3.63, 3.8) is 0 Å². The first-order chi connectivity index (χ1) is 9.04. The second-order valence-electron chi connectivity index (χ2n) is 6.22. The standard InChI is InChI=1S/C17H27NO/c1-12(2)19-16-8-9-17(13(3)10-16)18-14(4)11-15-6-5-7-15/h8-10,12,14-15,18H,5-7,11H2,1-4H3. The molecule has 0 aromatic heterocycles. The minimum absolute atomic E-state index is 0.232. The quantitative estimate of drug-likeness (QED) is 0.796. The first-order valence-electron chi connectivity index (χ1n) is 7.58. The summed E-state index contributed by atoms with van der Waals surface area (Å²) in [6, 6.07) is 6.88. The molecule has 1 aliphatic rings. The summed E-state index contributed by atoms with van der Waals surface area (Å²) in [6.45, 7) is 8.55. The van der Waals surface area contributed by atoms with Crippen molar-refractivity contribution < 1.29 is 4.74 Å². The van der Waals surface area contributed by atoms with E-state index in [0.29, 0.717) is 6.04 Å². The summed E-state index contributed by atoms with van der Waals surface area (Å²) in [7, 11) is 0. The minimum Gasteiger partial charge on any atom is -0.491 e. The van der Waals surface area contributed by atoms with Gasteiger partial charge in [0.2, 0.25) is 0 Å². The molecule has 0 radical (unpaired) electrons. The number of benzene rings is 1. The Morgan fingerprint density at radius 3 is 2.53 bits per heavy atom. The minimum atomic E-state index is 0.232. The average Bonchev–Trinajstić information content (AvgIpc) is 2.27. The third-order valence-corrected chi connectivity index (χ3v) is 3.88. The zero-order chi connectivity index (χ0) is 13.8. The molecule has 106 valence electrons. The number of ether oxygens (including phenoxy) is 1. The molecule has 0 bridgehead atoms. The average molecular weight is 261 g/mol. The molecule has 2 nitrogen and oxygen atoms in total. The Hall–Kier alpha value is -1.18. The Kier molecular flexibility index (Phi) is 4.73. The van der Waals surface area contributed by atoms with Crippen LogP contribution in [0.3, 0.4) is 0 Å². The topological polar surface area (TPSA) is 21.3 Å². The van der Waals surface area contributed by atoms with Crippen LogP contribution in [0.25, 0.3) is 0 Å². The number of hydrogen-bond donors (Lipinski definition) is 1. The maximum absolute atomic E-state index is 5.72. The highest BCUT2D eigenvalue weighted by molar-refractivity contribution is 5.54. The van der Waals surface area contributed by atoms with E-state index in [-0.39, 0.29) is 6.10 Å². The van der Waals surface area contributed by atoms with Crippen molar-refractivity contribution in [2.45, 2.75) is 65.5 Å². The Labute approximate surface area is 117 Å². The van der Waals surface area contributed by atoms with Crippen molar-refractivity contribution in [3.05, 3.63) is 23.8 Å². The van der Waals surface area contributed by atoms with E-state index in [1.807, 2.05) is 0 Å². The lowest BCUT2D eigenvalue weighted by atomic mass is 9.81. The molecule has 1 aromatic rings. The second kappa shape index (κ2) is 6.31. The number of aryl methyl sites for hydroxylation is 1. The zero-order valence-corrected chi connectivity index (χ0v) is 12.7. The molecule has 1 unspecified atom stereocenters. The first-order valence-corrected chi connectivity index (χ1v) is 7.58. The number of nitrogens with one attached hydrogen (secondary N) is 1. The van der Waals surface area contributed by atoms with Crippen molar-refractivity contribution in [2.75, 3.05) is 5.32 Å². The van der Waals surface area contributed by atoms with Crippen molar-refractivity contribution in [2.24, 2.45) is 5.92 Å². The summed E-state index contributed by atoms with van der Waals surface area (Å²) in [6.07, 6.45) is 5.80. The number of hydrogen-bond acceptors (Lipinski definition) is 2. The Morgan fingerprint density at radius 2 is 2.00 bits per heavy atom. The molecule has 1 saturated carbocycles. The molecule has 1 aromatic carbocycles. The van der Waals surface area contributed by atoms with Crippen LogP contribution in [0.2, 0.25) is 0 Å². The highest BCUT2D eigenvalue weighted by atomic mass is 16.5. The fourth-order valence-electron chi connectivity index (χ4n) is 2.70. The molecular formula is C17H27NO. The van der Waals surface area contributed by atoms with Crippen molar-refractivity contribution in [1.29, 1.82) is 0 Å². The molecule has 1 fully saturated rings. The largest absolute Gasteiger partial charge is 0.491 e. The Balaban J connectivity index is 1.92. The highest BCUT2D eigenvalue weighted by Crippen LogP contribution is 2.31. The van der Waals surface area contributed by atoms with Gasteiger partial charge in [0.15, 0.2) is 0 Å². The van der Waals surface area contributed by atoms with Crippen LogP contribution in [0.15, 0.2) is 18.2 Å². The van der Waals surface area contributed by atoms with E-state index < -0.39 is 0 Å². The van der Waals surface area contributed by atoms with Crippen LogP contribution >= 0.6 is 0 Å². The summed E-state index contributed by atoms with van der Waals surface area (Å²) in [5.41, 5.74) is 2.50. The van der Waals surface area contributed by atoms with Crippen molar-refractivity contribution in [1.82, 2.24) is 0 Å².